The molecule has 1 heterocycles. The molecule has 122 valence electrons. The summed E-state index contributed by atoms with van der Waals surface area (Å²) in [4.78, 5) is 12.0. The van der Waals surface area contributed by atoms with E-state index in [-0.39, 0.29) is 5.91 Å². The van der Waals surface area contributed by atoms with Crippen LogP contribution in [0.25, 0.3) is 5.69 Å². The summed E-state index contributed by atoms with van der Waals surface area (Å²) in [5.41, 5.74) is 2.83. The number of anilines is 1. The first-order valence-electron chi connectivity index (χ1n) is 7.55. The number of benzene rings is 2. The zero-order chi connectivity index (χ0) is 16.8. The van der Waals surface area contributed by atoms with E-state index in [2.05, 4.69) is 20.8 Å². The maximum Gasteiger partial charge on any atom is 0.225 e. The molecule has 0 atom stereocenters. The van der Waals surface area contributed by atoms with Crippen molar-refractivity contribution in [2.45, 2.75) is 18.5 Å². The van der Waals surface area contributed by atoms with E-state index < -0.39 is 0 Å². The minimum absolute atomic E-state index is 0.0214. The first-order valence-corrected chi connectivity index (χ1v) is 8.54. The van der Waals surface area contributed by atoms with Gasteiger partial charge in [0.2, 0.25) is 11.1 Å². The van der Waals surface area contributed by atoms with E-state index in [1.807, 2.05) is 61.5 Å². The van der Waals surface area contributed by atoms with Crippen molar-refractivity contribution in [2.75, 3.05) is 11.1 Å². The van der Waals surface area contributed by atoms with Crippen molar-refractivity contribution < 1.29 is 4.79 Å². The second-order valence-corrected chi connectivity index (χ2v) is 6.29. The molecule has 1 amide bonds. The van der Waals surface area contributed by atoms with E-state index >= 15 is 0 Å². The number of amides is 1. The number of thioether (sulfide) groups is 1. The maximum absolute atomic E-state index is 12.0. The van der Waals surface area contributed by atoms with Gasteiger partial charge >= 0.3 is 0 Å². The highest BCUT2D eigenvalue weighted by Gasteiger charge is 2.10. The number of carbonyl (C=O) groups excluding carboxylic acids is 1. The van der Waals surface area contributed by atoms with Gasteiger partial charge in [-0.2, -0.15) is 4.68 Å². The van der Waals surface area contributed by atoms with E-state index in [1.54, 1.807) is 4.68 Å². The average Bonchev–Trinajstić information content (AvgIpc) is 3.04. The number of nitrogens with zero attached hydrogens (tertiary/aromatic N) is 4. The van der Waals surface area contributed by atoms with Gasteiger partial charge in [0.15, 0.2) is 0 Å². The standard InChI is InChI=1S/C17H17N5OS/c1-13-6-5-7-14(12-13)18-16(23)10-11-24-17-19-20-21-22(17)15-8-3-2-4-9-15/h2-9,12H,10-11H2,1H3,(H,18,23). The van der Waals surface area contributed by atoms with Crippen molar-refractivity contribution in [1.29, 1.82) is 0 Å². The second kappa shape index (κ2) is 7.74. The molecule has 6 nitrogen and oxygen atoms in total. The molecule has 3 aromatic rings. The summed E-state index contributed by atoms with van der Waals surface area (Å²) in [6.45, 7) is 1.99. The van der Waals surface area contributed by atoms with Gasteiger partial charge in [0, 0.05) is 17.9 Å². The molecule has 1 N–H and O–H groups in total. The van der Waals surface area contributed by atoms with Crippen LogP contribution in [0.4, 0.5) is 5.69 Å². The molecule has 0 bridgehead atoms. The smallest absolute Gasteiger partial charge is 0.225 e. The summed E-state index contributed by atoms with van der Waals surface area (Å²) in [7, 11) is 0. The second-order valence-electron chi connectivity index (χ2n) is 5.22. The number of nitrogens with one attached hydrogen (secondary N) is 1. The number of rotatable bonds is 6. The van der Waals surface area contributed by atoms with Gasteiger partial charge in [0.1, 0.15) is 0 Å². The summed E-state index contributed by atoms with van der Waals surface area (Å²) in [5.74, 6) is 0.581. The van der Waals surface area contributed by atoms with Gasteiger partial charge in [0.05, 0.1) is 5.69 Å². The predicted molar refractivity (Wildman–Crippen MR) is 94.3 cm³/mol. The predicted octanol–water partition coefficient (Wildman–Crippen LogP) is 3.09. The van der Waals surface area contributed by atoms with Gasteiger partial charge in [-0.15, -0.1) is 5.10 Å². The van der Waals surface area contributed by atoms with Gasteiger partial charge in [-0.3, -0.25) is 4.79 Å². The Hall–Kier alpha value is -2.67. The zero-order valence-corrected chi connectivity index (χ0v) is 14.0. The van der Waals surface area contributed by atoms with Crippen LogP contribution in [0, 0.1) is 6.92 Å². The number of hydrogen-bond donors (Lipinski definition) is 1. The number of tetrazole rings is 1. The Kier molecular flexibility index (Phi) is 5.22. The number of para-hydroxylation sites is 1. The first kappa shape index (κ1) is 16.2. The molecule has 0 aliphatic rings. The molecule has 0 aliphatic carbocycles. The fourth-order valence-electron chi connectivity index (χ4n) is 2.18. The number of carbonyl (C=O) groups is 1. The van der Waals surface area contributed by atoms with Gasteiger partial charge in [-0.25, -0.2) is 0 Å². The van der Waals surface area contributed by atoms with Crippen LogP contribution >= 0.6 is 11.8 Å². The molecule has 7 heteroatoms. The largest absolute Gasteiger partial charge is 0.326 e. The molecule has 2 aromatic carbocycles. The summed E-state index contributed by atoms with van der Waals surface area (Å²) < 4.78 is 1.67. The van der Waals surface area contributed by atoms with E-state index in [1.165, 1.54) is 11.8 Å². The lowest BCUT2D eigenvalue weighted by Crippen LogP contribution is -2.12. The van der Waals surface area contributed by atoms with Gasteiger partial charge in [-0.1, -0.05) is 42.1 Å². The molecule has 0 saturated carbocycles. The number of aromatic nitrogens is 4. The monoisotopic (exact) mass is 339 g/mol. The Morgan fingerprint density at radius 1 is 1.17 bits per heavy atom. The summed E-state index contributed by atoms with van der Waals surface area (Å²) in [6.07, 6.45) is 0.389. The normalized spacial score (nSPS) is 10.5. The Bertz CT molecular complexity index is 819. The first-order chi connectivity index (χ1) is 11.7. The Morgan fingerprint density at radius 3 is 2.79 bits per heavy atom. The lowest BCUT2D eigenvalue weighted by molar-refractivity contribution is -0.115. The molecule has 0 saturated heterocycles. The van der Waals surface area contributed by atoms with E-state index in [0.29, 0.717) is 17.3 Å². The van der Waals surface area contributed by atoms with Crippen molar-refractivity contribution in [3.05, 3.63) is 60.2 Å². The third kappa shape index (κ3) is 4.20. The zero-order valence-electron chi connectivity index (χ0n) is 13.2. The van der Waals surface area contributed by atoms with E-state index in [4.69, 9.17) is 0 Å². The fourth-order valence-corrected chi connectivity index (χ4v) is 3.01. The summed E-state index contributed by atoms with van der Waals surface area (Å²) in [6, 6.07) is 17.4. The quantitative estimate of drug-likeness (QED) is 0.699. The summed E-state index contributed by atoms with van der Waals surface area (Å²) in [5, 5.41) is 15.3. The lowest BCUT2D eigenvalue weighted by atomic mass is 10.2. The van der Waals surface area contributed by atoms with Crippen LogP contribution < -0.4 is 5.32 Å². The highest BCUT2D eigenvalue weighted by Crippen LogP contribution is 2.19. The van der Waals surface area contributed by atoms with Crippen LogP contribution in [0.2, 0.25) is 0 Å². The van der Waals surface area contributed by atoms with Crippen LogP contribution in [0.3, 0.4) is 0 Å². The minimum Gasteiger partial charge on any atom is -0.326 e. The molecule has 1 aromatic heterocycles. The number of aryl methyl sites for hydroxylation is 1. The van der Waals surface area contributed by atoms with Gasteiger partial charge in [-0.05, 0) is 47.2 Å². The molecule has 3 rings (SSSR count). The van der Waals surface area contributed by atoms with Gasteiger partial charge < -0.3 is 5.32 Å². The highest BCUT2D eigenvalue weighted by atomic mass is 32.2. The van der Waals surface area contributed by atoms with Crippen LogP contribution in [0.1, 0.15) is 12.0 Å². The SMILES string of the molecule is Cc1cccc(NC(=O)CCSc2nnnn2-c2ccccc2)c1. The van der Waals surface area contributed by atoms with Crippen LogP contribution in [-0.2, 0) is 4.79 Å². The van der Waals surface area contributed by atoms with E-state index in [0.717, 1.165) is 16.9 Å². The Morgan fingerprint density at radius 2 is 2.00 bits per heavy atom. The lowest BCUT2D eigenvalue weighted by Gasteiger charge is -2.06. The highest BCUT2D eigenvalue weighted by molar-refractivity contribution is 7.99. The maximum atomic E-state index is 12.0. The van der Waals surface area contributed by atoms with Crippen molar-refractivity contribution in [2.24, 2.45) is 0 Å². The minimum atomic E-state index is -0.0214. The van der Waals surface area contributed by atoms with Crippen LogP contribution in [0.15, 0.2) is 59.8 Å². The Labute approximate surface area is 144 Å². The Balaban J connectivity index is 1.54. The number of hydrogen-bond acceptors (Lipinski definition) is 5. The van der Waals surface area contributed by atoms with Crippen LogP contribution in [0.5, 0.6) is 0 Å². The summed E-state index contributed by atoms with van der Waals surface area (Å²) >= 11 is 1.46. The molecule has 0 unspecified atom stereocenters. The fraction of sp³-hybridized carbons (Fsp3) is 0.176. The molecule has 0 fully saturated rings. The molecule has 24 heavy (non-hydrogen) atoms. The van der Waals surface area contributed by atoms with Crippen LogP contribution in [-0.4, -0.2) is 31.9 Å². The third-order valence-electron chi connectivity index (χ3n) is 3.30. The van der Waals surface area contributed by atoms with Crippen molar-refractivity contribution in [3.8, 4) is 5.69 Å². The molecular weight excluding hydrogens is 322 g/mol. The molecule has 0 aliphatic heterocycles. The van der Waals surface area contributed by atoms with E-state index in [9.17, 15) is 4.79 Å². The van der Waals surface area contributed by atoms with Crippen molar-refractivity contribution in [3.63, 3.8) is 0 Å². The molecular formula is C17H17N5OS. The average molecular weight is 339 g/mol. The molecule has 0 radical (unpaired) electrons. The van der Waals surface area contributed by atoms with Crippen molar-refractivity contribution >= 4 is 23.4 Å². The van der Waals surface area contributed by atoms with Gasteiger partial charge in [0.25, 0.3) is 0 Å². The van der Waals surface area contributed by atoms with Crippen molar-refractivity contribution in [1.82, 2.24) is 20.2 Å². The third-order valence-corrected chi connectivity index (χ3v) is 4.22. The topological polar surface area (TPSA) is 72.7 Å². The molecule has 0 spiro atoms.